The Morgan fingerprint density at radius 2 is 1.93 bits per heavy atom. The van der Waals surface area contributed by atoms with E-state index < -0.39 is 12.1 Å². The number of carbonyl (C=O) groups excluding carboxylic acids is 2. The molecule has 0 spiro atoms. The van der Waals surface area contributed by atoms with Crippen LogP contribution in [0.5, 0.6) is 11.5 Å². The van der Waals surface area contributed by atoms with Crippen molar-refractivity contribution in [2.24, 2.45) is 0 Å². The van der Waals surface area contributed by atoms with Crippen LogP contribution < -0.4 is 14.8 Å². The molecule has 2 aromatic rings. The number of carbonyl (C=O) groups is 2. The molecule has 0 aliphatic heterocycles. The average Bonchev–Trinajstić information content (AvgIpc) is 3.54. The quantitative estimate of drug-likeness (QED) is 0.615. The van der Waals surface area contributed by atoms with Crippen LogP contribution in [0.3, 0.4) is 0 Å². The third kappa shape index (κ3) is 5.41. The fourth-order valence-corrected chi connectivity index (χ4v) is 3.03. The van der Waals surface area contributed by atoms with Crippen molar-refractivity contribution in [2.45, 2.75) is 38.3 Å². The molecule has 1 amide bonds. The summed E-state index contributed by atoms with van der Waals surface area (Å²) in [5.41, 5.74) is 0.774. The predicted octanol–water partition coefficient (Wildman–Crippen LogP) is 4.31. The van der Waals surface area contributed by atoms with Crippen molar-refractivity contribution in [2.75, 3.05) is 13.7 Å². The van der Waals surface area contributed by atoms with Crippen LogP contribution in [-0.2, 0) is 9.53 Å². The van der Waals surface area contributed by atoms with Crippen LogP contribution in [0.2, 0.25) is 5.02 Å². The zero-order valence-corrected chi connectivity index (χ0v) is 17.2. The van der Waals surface area contributed by atoms with Crippen LogP contribution in [0, 0.1) is 0 Å². The van der Waals surface area contributed by atoms with Crippen molar-refractivity contribution in [3.63, 3.8) is 0 Å². The second-order valence-corrected chi connectivity index (χ2v) is 7.22. The smallest absolute Gasteiger partial charge is 0.339 e. The van der Waals surface area contributed by atoms with E-state index in [4.69, 9.17) is 25.8 Å². The van der Waals surface area contributed by atoms with E-state index in [0.29, 0.717) is 23.7 Å². The Hall–Kier alpha value is -2.73. The molecular formula is C22H24ClNO5. The normalized spacial score (nSPS) is 14.0. The molecule has 1 aliphatic carbocycles. The molecule has 1 N–H and O–H groups in total. The summed E-state index contributed by atoms with van der Waals surface area (Å²) in [6.07, 6.45) is 1.63. The highest BCUT2D eigenvalue weighted by Gasteiger charge is 2.31. The van der Waals surface area contributed by atoms with Crippen LogP contribution >= 0.6 is 11.6 Å². The van der Waals surface area contributed by atoms with Crippen molar-refractivity contribution in [1.82, 2.24) is 5.32 Å². The van der Waals surface area contributed by atoms with Crippen molar-refractivity contribution < 1.29 is 23.8 Å². The molecule has 1 fully saturated rings. The summed E-state index contributed by atoms with van der Waals surface area (Å²) >= 11 is 6.29. The van der Waals surface area contributed by atoms with E-state index >= 15 is 0 Å². The lowest BCUT2D eigenvalue weighted by molar-refractivity contribution is -0.130. The molecule has 2 aromatic carbocycles. The Balaban J connectivity index is 1.83. The Bertz CT molecular complexity index is 867. The van der Waals surface area contributed by atoms with Crippen molar-refractivity contribution in [3.05, 3.63) is 58.6 Å². The maximum absolute atomic E-state index is 12.8. The van der Waals surface area contributed by atoms with Crippen LogP contribution in [-0.4, -0.2) is 31.6 Å². The molecular weight excluding hydrogens is 394 g/mol. The second kappa shape index (κ2) is 9.65. The molecule has 3 rings (SSSR count). The number of amides is 1. The van der Waals surface area contributed by atoms with Crippen LogP contribution in [0.1, 0.15) is 48.2 Å². The number of ether oxygens (including phenoxy) is 3. The molecule has 0 heterocycles. The van der Waals surface area contributed by atoms with E-state index in [-0.39, 0.29) is 22.5 Å². The van der Waals surface area contributed by atoms with Crippen molar-refractivity contribution in [1.29, 1.82) is 0 Å². The van der Waals surface area contributed by atoms with Gasteiger partial charge >= 0.3 is 5.97 Å². The molecule has 0 unspecified atom stereocenters. The Morgan fingerprint density at radius 1 is 1.21 bits per heavy atom. The first-order valence-corrected chi connectivity index (χ1v) is 9.98. The van der Waals surface area contributed by atoms with Crippen LogP contribution in [0.25, 0.3) is 0 Å². The molecule has 0 bridgehead atoms. The van der Waals surface area contributed by atoms with E-state index in [1.54, 1.807) is 24.3 Å². The minimum absolute atomic E-state index is 0.150. The second-order valence-electron chi connectivity index (χ2n) is 6.82. The van der Waals surface area contributed by atoms with Gasteiger partial charge < -0.3 is 19.5 Å². The molecule has 0 saturated heterocycles. The topological polar surface area (TPSA) is 73.9 Å². The minimum Gasteiger partial charge on any atom is -0.493 e. The first-order valence-electron chi connectivity index (χ1n) is 9.60. The number of halogens is 1. The average molecular weight is 418 g/mol. The summed E-state index contributed by atoms with van der Waals surface area (Å²) in [5, 5.41) is 3.13. The summed E-state index contributed by atoms with van der Waals surface area (Å²) in [7, 11) is 1.47. The van der Waals surface area contributed by atoms with E-state index in [0.717, 1.165) is 19.3 Å². The molecule has 0 radical (unpaired) electrons. The molecule has 154 valence electrons. The number of nitrogens with one attached hydrogen (secondary N) is 1. The molecule has 0 aromatic heterocycles. The van der Waals surface area contributed by atoms with Gasteiger partial charge in [0.1, 0.15) is 0 Å². The van der Waals surface area contributed by atoms with Crippen molar-refractivity contribution >= 4 is 23.5 Å². The number of benzene rings is 2. The number of esters is 1. The van der Waals surface area contributed by atoms with Gasteiger partial charge in [-0.25, -0.2) is 4.79 Å². The highest BCUT2D eigenvalue weighted by molar-refractivity contribution is 6.32. The molecule has 1 aliphatic rings. The third-order valence-corrected chi connectivity index (χ3v) is 4.69. The van der Waals surface area contributed by atoms with Gasteiger partial charge in [-0.2, -0.15) is 0 Å². The van der Waals surface area contributed by atoms with E-state index in [9.17, 15) is 9.59 Å². The SMILES string of the molecule is CCCOc1c(Cl)cc(C(=O)O[C@@H](C(=O)NC2CC2)c2ccccc2)cc1OC. The third-order valence-electron chi connectivity index (χ3n) is 4.40. The maximum atomic E-state index is 12.8. The maximum Gasteiger partial charge on any atom is 0.339 e. The summed E-state index contributed by atoms with van der Waals surface area (Å²) in [6, 6.07) is 12.0. The fourth-order valence-electron chi connectivity index (χ4n) is 2.76. The van der Waals surface area contributed by atoms with Gasteiger partial charge in [-0.3, -0.25) is 4.79 Å². The zero-order valence-electron chi connectivity index (χ0n) is 16.4. The first-order chi connectivity index (χ1) is 14.0. The molecule has 1 atom stereocenters. The monoisotopic (exact) mass is 417 g/mol. The largest absolute Gasteiger partial charge is 0.493 e. The standard InChI is InChI=1S/C22H24ClNO5/c1-3-11-28-20-17(23)12-15(13-18(20)27-2)22(26)29-19(14-7-5-4-6-8-14)21(25)24-16-9-10-16/h4-8,12-13,16,19H,3,9-11H2,1-2H3,(H,24,25)/t19-/m1/s1. The summed E-state index contributed by atoms with van der Waals surface area (Å²) < 4.78 is 16.5. The lowest BCUT2D eigenvalue weighted by atomic mass is 10.1. The van der Waals surface area contributed by atoms with Gasteiger partial charge in [-0.1, -0.05) is 48.9 Å². The van der Waals surface area contributed by atoms with Gasteiger partial charge in [-0.05, 0) is 31.4 Å². The number of rotatable bonds is 9. The van der Waals surface area contributed by atoms with Gasteiger partial charge in [-0.15, -0.1) is 0 Å². The highest BCUT2D eigenvalue weighted by atomic mass is 35.5. The number of hydrogen-bond acceptors (Lipinski definition) is 5. The van der Waals surface area contributed by atoms with E-state index in [2.05, 4.69) is 5.32 Å². The Labute approximate surface area is 175 Å². The number of hydrogen-bond donors (Lipinski definition) is 1. The number of methoxy groups -OCH3 is 1. The molecule has 6 nitrogen and oxygen atoms in total. The minimum atomic E-state index is -1.05. The lowest BCUT2D eigenvalue weighted by Gasteiger charge is -2.19. The predicted molar refractivity (Wildman–Crippen MR) is 110 cm³/mol. The Morgan fingerprint density at radius 3 is 2.55 bits per heavy atom. The first kappa shape index (κ1) is 21.0. The Kier molecular flexibility index (Phi) is 6.99. The van der Waals surface area contributed by atoms with Gasteiger partial charge in [0.15, 0.2) is 11.5 Å². The summed E-state index contributed by atoms with van der Waals surface area (Å²) in [4.78, 5) is 25.5. The summed E-state index contributed by atoms with van der Waals surface area (Å²) in [6.45, 7) is 2.44. The summed E-state index contributed by atoms with van der Waals surface area (Å²) in [5.74, 6) is -0.310. The van der Waals surface area contributed by atoms with Gasteiger partial charge in [0.2, 0.25) is 6.10 Å². The zero-order chi connectivity index (χ0) is 20.8. The van der Waals surface area contributed by atoms with Gasteiger partial charge in [0, 0.05) is 11.6 Å². The molecule has 29 heavy (non-hydrogen) atoms. The van der Waals surface area contributed by atoms with E-state index in [1.807, 2.05) is 13.0 Å². The molecule has 7 heteroatoms. The fraction of sp³-hybridized carbons (Fsp3) is 0.364. The van der Waals surface area contributed by atoms with Crippen molar-refractivity contribution in [3.8, 4) is 11.5 Å². The van der Waals surface area contributed by atoms with Gasteiger partial charge in [0.25, 0.3) is 5.91 Å². The van der Waals surface area contributed by atoms with Crippen LogP contribution in [0.4, 0.5) is 0 Å². The lowest BCUT2D eigenvalue weighted by Crippen LogP contribution is -2.33. The van der Waals surface area contributed by atoms with Gasteiger partial charge in [0.05, 0.1) is 24.3 Å². The van der Waals surface area contributed by atoms with E-state index in [1.165, 1.54) is 19.2 Å². The van der Waals surface area contributed by atoms with Crippen LogP contribution in [0.15, 0.2) is 42.5 Å². The highest BCUT2D eigenvalue weighted by Crippen LogP contribution is 2.37. The molecule has 1 saturated carbocycles.